The van der Waals surface area contributed by atoms with Crippen LogP contribution in [-0.2, 0) is 6.54 Å². The van der Waals surface area contributed by atoms with Crippen molar-refractivity contribution in [2.45, 2.75) is 13.5 Å². The Morgan fingerprint density at radius 1 is 0.909 bits per heavy atom. The minimum Gasteiger partial charge on any atom is -0.493 e. The van der Waals surface area contributed by atoms with Crippen molar-refractivity contribution in [3.05, 3.63) is 98.6 Å². The molecule has 0 unspecified atom stereocenters. The molecule has 0 saturated carbocycles. The van der Waals surface area contributed by atoms with E-state index in [2.05, 4.69) is 17.4 Å². The van der Waals surface area contributed by atoms with Gasteiger partial charge < -0.3 is 14.8 Å². The zero-order valence-electron chi connectivity index (χ0n) is 18.6. The van der Waals surface area contributed by atoms with Crippen molar-refractivity contribution < 1.29 is 14.3 Å². The highest BCUT2D eigenvalue weighted by molar-refractivity contribution is 7.11. The Morgan fingerprint density at radius 3 is 2.24 bits per heavy atom. The lowest BCUT2D eigenvalue weighted by Crippen LogP contribution is -2.16. The van der Waals surface area contributed by atoms with Crippen LogP contribution >= 0.6 is 11.3 Å². The van der Waals surface area contributed by atoms with E-state index in [4.69, 9.17) is 9.47 Å². The summed E-state index contributed by atoms with van der Waals surface area (Å²) in [5.41, 5.74) is 4.44. The van der Waals surface area contributed by atoms with Crippen LogP contribution in [0.25, 0.3) is 11.1 Å². The maximum Gasteiger partial charge on any atom is 0.308 e. The predicted octanol–water partition coefficient (Wildman–Crippen LogP) is 5.20. The molecule has 7 heteroatoms. The van der Waals surface area contributed by atoms with Crippen molar-refractivity contribution in [3.63, 3.8) is 0 Å². The van der Waals surface area contributed by atoms with Crippen LogP contribution in [0.4, 0.5) is 5.69 Å². The molecule has 1 heterocycles. The van der Waals surface area contributed by atoms with Crippen molar-refractivity contribution in [1.29, 1.82) is 0 Å². The molecule has 0 atom stereocenters. The minimum absolute atomic E-state index is 0.169. The van der Waals surface area contributed by atoms with Gasteiger partial charge in [-0.3, -0.25) is 14.2 Å². The van der Waals surface area contributed by atoms with Crippen LogP contribution in [-0.4, -0.2) is 24.7 Å². The Kier molecular flexibility index (Phi) is 6.60. The molecule has 6 nitrogen and oxygen atoms in total. The minimum atomic E-state index is -0.333. The number of ether oxygens (including phenoxy) is 2. The average Bonchev–Trinajstić information content (AvgIpc) is 3.13. The standard InChI is InChI=1S/C26H24N2O4S/c1-17-24(25(29)27-21-13-14-22(31-2)23(15-21)32-3)33-26(30)28(17)16-18-9-11-20(12-10-18)19-7-5-4-6-8-19/h4-15H,16H2,1-3H3,(H,27,29). The Balaban J connectivity index is 1.52. The SMILES string of the molecule is COc1ccc(NC(=O)c2sc(=O)n(Cc3ccc(-c4ccccc4)cc3)c2C)cc1OC. The van der Waals surface area contributed by atoms with Crippen molar-refractivity contribution in [2.24, 2.45) is 0 Å². The number of amides is 1. The molecule has 1 aromatic heterocycles. The van der Waals surface area contributed by atoms with Gasteiger partial charge in [0.1, 0.15) is 4.88 Å². The molecular formula is C26H24N2O4S. The molecule has 3 aromatic carbocycles. The summed E-state index contributed by atoms with van der Waals surface area (Å²) < 4.78 is 12.1. The predicted molar refractivity (Wildman–Crippen MR) is 132 cm³/mol. The van der Waals surface area contributed by atoms with E-state index < -0.39 is 0 Å². The van der Waals surface area contributed by atoms with Crippen LogP contribution in [0.1, 0.15) is 20.9 Å². The topological polar surface area (TPSA) is 69.6 Å². The van der Waals surface area contributed by atoms with Gasteiger partial charge in [0.25, 0.3) is 5.91 Å². The smallest absolute Gasteiger partial charge is 0.308 e. The Morgan fingerprint density at radius 2 is 1.58 bits per heavy atom. The lowest BCUT2D eigenvalue weighted by atomic mass is 10.0. The third-order valence-electron chi connectivity index (χ3n) is 5.39. The zero-order valence-corrected chi connectivity index (χ0v) is 19.4. The number of rotatable bonds is 7. The van der Waals surface area contributed by atoms with Crippen molar-refractivity contribution >= 4 is 22.9 Å². The molecule has 0 bridgehead atoms. The van der Waals surface area contributed by atoms with Crippen LogP contribution in [0.3, 0.4) is 0 Å². The molecule has 4 rings (SSSR count). The summed E-state index contributed by atoms with van der Waals surface area (Å²) in [4.78, 5) is 25.8. The molecular weight excluding hydrogens is 436 g/mol. The Labute approximate surface area is 196 Å². The van der Waals surface area contributed by atoms with Crippen molar-refractivity contribution in [2.75, 3.05) is 19.5 Å². The molecule has 168 valence electrons. The summed E-state index contributed by atoms with van der Waals surface area (Å²) in [6.45, 7) is 2.19. The number of carbonyl (C=O) groups is 1. The zero-order chi connectivity index (χ0) is 23.4. The van der Waals surface area contributed by atoms with E-state index in [0.717, 1.165) is 28.0 Å². The van der Waals surface area contributed by atoms with Gasteiger partial charge in [-0.2, -0.15) is 0 Å². The van der Waals surface area contributed by atoms with Gasteiger partial charge in [-0.25, -0.2) is 0 Å². The van der Waals surface area contributed by atoms with E-state index >= 15 is 0 Å². The lowest BCUT2D eigenvalue weighted by molar-refractivity contribution is 0.102. The highest BCUT2D eigenvalue weighted by atomic mass is 32.1. The van der Waals surface area contributed by atoms with Gasteiger partial charge in [-0.05, 0) is 35.7 Å². The molecule has 33 heavy (non-hydrogen) atoms. The van der Waals surface area contributed by atoms with Crippen LogP contribution < -0.4 is 19.7 Å². The first-order valence-electron chi connectivity index (χ1n) is 10.4. The largest absolute Gasteiger partial charge is 0.493 e. The fourth-order valence-corrected chi connectivity index (χ4v) is 4.48. The molecule has 0 radical (unpaired) electrons. The second-order valence-electron chi connectivity index (χ2n) is 7.46. The van der Waals surface area contributed by atoms with Crippen LogP contribution in [0, 0.1) is 6.92 Å². The van der Waals surface area contributed by atoms with Crippen molar-refractivity contribution in [3.8, 4) is 22.6 Å². The molecule has 0 aliphatic heterocycles. The van der Waals surface area contributed by atoms with E-state index in [1.807, 2.05) is 42.5 Å². The molecule has 0 spiro atoms. The lowest BCUT2D eigenvalue weighted by Gasteiger charge is -2.11. The first kappa shape index (κ1) is 22.4. The summed E-state index contributed by atoms with van der Waals surface area (Å²) >= 11 is 0.945. The highest BCUT2D eigenvalue weighted by Gasteiger charge is 2.19. The van der Waals surface area contributed by atoms with Crippen LogP contribution in [0.15, 0.2) is 77.6 Å². The third-order valence-corrected chi connectivity index (χ3v) is 6.47. The number of nitrogens with zero attached hydrogens (tertiary/aromatic N) is 1. The normalized spacial score (nSPS) is 10.6. The number of thiazole rings is 1. The number of hydrogen-bond donors (Lipinski definition) is 1. The number of hydrogen-bond acceptors (Lipinski definition) is 5. The third kappa shape index (κ3) is 4.83. The second-order valence-corrected chi connectivity index (χ2v) is 8.42. The molecule has 1 amide bonds. The Bertz CT molecular complexity index is 1320. The Hall–Kier alpha value is -3.84. The van der Waals surface area contributed by atoms with E-state index in [9.17, 15) is 9.59 Å². The molecule has 1 N–H and O–H groups in total. The van der Waals surface area contributed by atoms with E-state index in [0.29, 0.717) is 34.3 Å². The monoisotopic (exact) mass is 460 g/mol. The van der Waals surface area contributed by atoms with Gasteiger partial charge in [0.05, 0.1) is 20.8 Å². The van der Waals surface area contributed by atoms with Gasteiger partial charge in [0.15, 0.2) is 11.5 Å². The van der Waals surface area contributed by atoms with Crippen molar-refractivity contribution in [1.82, 2.24) is 4.57 Å². The van der Waals surface area contributed by atoms with E-state index in [1.165, 1.54) is 7.11 Å². The summed E-state index contributed by atoms with van der Waals surface area (Å²) in [6.07, 6.45) is 0. The highest BCUT2D eigenvalue weighted by Crippen LogP contribution is 2.30. The number of benzene rings is 3. The number of anilines is 1. The van der Waals surface area contributed by atoms with Gasteiger partial charge in [0.2, 0.25) is 0 Å². The van der Waals surface area contributed by atoms with Gasteiger partial charge in [-0.15, -0.1) is 0 Å². The fourth-order valence-electron chi connectivity index (χ4n) is 3.59. The van der Waals surface area contributed by atoms with Crippen LogP contribution in [0.2, 0.25) is 0 Å². The summed E-state index contributed by atoms with van der Waals surface area (Å²) in [6, 6.07) is 23.4. The number of aromatic nitrogens is 1. The fraction of sp³-hybridized carbons (Fsp3) is 0.154. The molecule has 0 saturated heterocycles. The second kappa shape index (κ2) is 9.75. The quantitative estimate of drug-likeness (QED) is 0.411. The van der Waals surface area contributed by atoms with Gasteiger partial charge in [0, 0.05) is 17.4 Å². The number of methoxy groups -OCH3 is 2. The number of nitrogens with one attached hydrogen (secondary N) is 1. The maximum atomic E-state index is 12.9. The van der Waals surface area contributed by atoms with E-state index in [-0.39, 0.29) is 10.8 Å². The summed E-state index contributed by atoms with van der Waals surface area (Å²) in [5.74, 6) is 0.748. The molecule has 0 aliphatic rings. The first-order valence-corrected chi connectivity index (χ1v) is 11.2. The van der Waals surface area contributed by atoms with Gasteiger partial charge in [-0.1, -0.05) is 65.9 Å². The molecule has 0 aliphatic carbocycles. The van der Waals surface area contributed by atoms with Crippen LogP contribution in [0.5, 0.6) is 11.5 Å². The van der Waals surface area contributed by atoms with E-state index in [1.54, 1.807) is 36.8 Å². The summed E-state index contributed by atoms with van der Waals surface area (Å²) in [7, 11) is 3.08. The maximum absolute atomic E-state index is 12.9. The first-order chi connectivity index (χ1) is 16.0. The summed E-state index contributed by atoms with van der Waals surface area (Å²) in [5, 5.41) is 2.84. The average molecular weight is 461 g/mol. The molecule has 4 aromatic rings. The van der Waals surface area contributed by atoms with Gasteiger partial charge >= 0.3 is 4.87 Å². The number of carbonyl (C=O) groups excluding carboxylic acids is 1. The molecule has 0 fully saturated rings.